The van der Waals surface area contributed by atoms with E-state index in [1.54, 1.807) is 0 Å². The summed E-state index contributed by atoms with van der Waals surface area (Å²) >= 11 is 2.32. The van der Waals surface area contributed by atoms with Crippen molar-refractivity contribution < 1.29 is 176 Å². The number of aryl methyl sites for hydroxylation is 3. The van der Waals surface area contributed by atoms with Crippen LogP contribution in [0.15, 0.2) is 36.5 Å². The molecule has 0 saturated carbocycles. The molecular weight excluding hydrogens is 686 g/mol. The van der Waals surface area contributed by atoms with Gasteiger partial charge in [0.05, 0.1) is 5.69 Å². The molecule has 0 bridgehead atoms. The fraction of sp³-hybridized carbons (Fsp3) is 0.167. The molecule has 0 N–H and O–H groups in total. The summed E-state index contributed by atoms with van der Waals surface area (Å²) in [5.74, 6) is 0. The van der Waals surface area contributed by atoms with Gasteiger partial charge in [0, 0.05) is 5.69 Å². The Labute approximate surface area is 354 Å². The molecule has 0 saturated heterocycles. The zero-order chi connectivity index (χ0) is 16.8. The molecule has 3 rings (SSSR count). The molecule has 2 heterocycles. The van der Waals surface area contributed by atoms with Crippen molar-refractivity contribution in [3.8, 4) is 22.4 Å². The SMILES string of the molecule is Cc1c[c-]c(-c2c(C)nnc(C)c2-c2cc[c-]cc2)nc1.[H-].[Rb+].[Rb+].[Rb+].[Rb][Rb]. The third-order valence-electron chi connectivity index (χ3n) is 3.40. The van der Waals surface area contributed by atoms with Crippen molar-refractivity contribution >= 4 is 67.7 Å². The van der Waals surface area contributed by atoms with Gasteiger partial charge in [0.2, 0.25) is 0 Å². The van der Waals surface area contributed by atoms with Gasteiger partial charge in [-0.3, -0.25) is 4.98 Å². The Morgan fingerprint density at radius 3 is 1.92 bits per heavy atom. The minimum atomic E-state index is 0. The second-order valence-electron chi connectivity index (χ2n) is 5.05. The molecule has 0 radical (unpaired) electrons. The molecule has 0 spiro atoms. The maximum atomic E-state index is 4.51. The van der Waals surface area contributed by atoms with Crippen LogP contribution in [-0.2, 0) is 0 Å². The zero-order valence-corrected chi connectivity index (χ0v) is 41.9. The number of pyridine rings is 1. The quantitative estimate of drug-likeness (QED) is 0.250. The van der Waals surface area contributed by atoms with Gasteiger partial charge in [-0.15, -0.1) is 11.1 Å². The van der Waals surface area contributed by atoms with Crippen LogP contribution in [0.2, 0.25) is 0 Å². The third kappa shape index (κ3) is 10.8. The Bertz CT molecular complexity index is 787. The molecular formula is C18H16N3Rb5. The monoisotopic (exact) mass is 699 g/mol. The van der Waals surface area contributed by atoms with Gasteiger partial charge in [0.1, 0.15) is 0 Å². The second-order valence-corrected chi connectivity index (χ2v) is 5.05. The molecule has 8 heteroatoms. The number of hydrogen-bond donors (Lipinski definition) is 0. The van der Waals surface area contributed by atoms with Crippen LogP contribution >= 0.6 is 0 Å². The fourth-order valence-corrected chi connectivity index (χ4v) is 2.37. The van der Waals surface area contributed by atoms with Crippen LogP contribution in [0, 0.1) is 32.9 Å². The van der Waals surface area contributed by atoms with Crippen LogP contribution in [-0.4, -0.2) is 82.9 Å². The molecule has 108 valence electrons. The van der Waals surface area contributed by atoms with E-state index in [2.05, 4.69) is 27.3 Å². The number of nitrogens with zero attached hydrogens (tertiary/aromatic N) is 3. The number of benzene rings is 1. The van der Waals surface area contributed by atoms with E-state index in [1.165, 1.54) is 0 Å². The molecule has 3 nitrogen and oxygen atoms in total. The summed E-state index contributed by atoms with van der Waals surface area (Å²) in [6.07, 6.45) is 1.85. The van der Waals surface area contributed by atoms with Crippen molar-refractivity contribution in [3.63, 3.8) is 0 Å². The molecule has 3 aromatic rings. The molecule has 26 heavy (non-hydrogen) atoms. The molecule has 0 fully saturated rings. The molecule has 0 atom stereocenters. The Balaban J connectivity index is -0.000000930. The predicted molar refractivity (Wildman–Crippen MR) is 95.2 cm³/mol. The molecule has 0 unspecified atom stereocenters. The van der Waals surface area contributed by atoms with Gasteiger partial charge in [-0.2, -0.15) is 52.7 Å². The summed E-state index contributed by atoms with van der Waals surface area (Å²) in [5.41, 5.74) is 6.78. The minimum absolute atomic E-state index is 0. The van der Waals surface area contributed by atoms with Crippen molar-refractivity contribution in [1.29, 1.82) is 0 Å². The van der Waals surface area contributed by atoms with Gasteiger partial charge in [-0.25, -0.2) is 0 Å². The van der Waals surface area contributed by atoms with Crippen LogP contribution in [0.3, 0.4) is 0 Å². The average Bonchev–Trinajstić information content (AvgIpc) is 2.60. The average molecular weight is 702 g/mol. The van der Waals surface area contributed by atoms with Gasteiger partial charge in [0.15, 0.2) is 0 Å². The molecule has 0 aliphatic rings. The Kier molecular flexibility index (Phi) is 26.3. The van der Waals surface area contributed by atoms with Crippen LogP contribution in [0.25, 0.3) is 22.4 Å². The topological polar surface area (TPSA) is 38.7 Å². The first-order valence-electron chi connectivity index (χ1n) is 7.82. The summed E-state index contributed by atoms with van der Waals surface area (Å²) in [6, 6.07) is 16.1. The Morgan fingerprint density at radius 1 is 0.885 bits per heavy atom. The van der Waals surface area contributed by atoms with Crippen LogP contribution < -0.4 is 175 Å². The molecule has 1 aromatic carbocycles. The predicted octanol–water partition coefficient (Wildman–Crippen LogP) is -5.91. The van der Waals surface area contributed by atoms with Crippen LogP contribution in [0.5, 0.6) is 0 Å². The first kappa shape index (κ1) is 34.6. The van der Waals surface area contributed by atoms with Gasteiger partial charge < -0.3 is 1.43 Å². The zero-order valence-electron chi connectivity index (χ0n) is 18.3. The first-order valence-corrected chi connectivity index (χ1v) is 41.8. The van der Waals surface area contributed by atoms with Crippen LogP contribution in [0.4, 0.5) is 0 Å². The summed E-state index contributed by atoms with van der Waals surface area (Å²) in [7, 11) is 0. The van der Waals surface area contributed by atoms with Gasteiger partial charge in [-0.1, -0.05) is 18.1 Å². The van der Waals surface area contributed by atoms with E-state index in [0.29, 0.717) is 0 Å². The number of aromatic nitrogens is 3. The van der Waals surface area contributed by atoms with Gasteiger partial charge in [0.25, 0.3) is 0 Å². The van der Waals surface area contributed by atoms with E-state index in [0.717, 1.165) is 107 Å². The molecule has 0 amide bonds. The normalized spacial score (nSPS) is 8.88. The van der Waals surface area contributed by atoms with E-state index in [9.17, 15) is 0 Å². The molecule has 2 aromatic heterocycles. The first-order chi connectivity index (χ1) is 11.2. The Morgan fingerprint density at radius 2 is 1.42 bits per heavy atom. The van der Waals surface area contributed by atoms with E-state index >= 15 is 0 Å². The number of rotatable bonds is 2. The fourth-order valence-electron chi connectivity index (χ4n) is 2.37. The molecule has 0 aliphatic carbocycles. The van der Waals surface area contributed by atoms with Crippen molar-refractivity contribution in [2.24, 2.45) is 0 Å². The van der Waals surface area contributed by atoms with Crippen LogP contribution in [0.1, 0.15) is 18.4 Å². The van der Waals surface area contributed by atoms with E-state index in [4.69, 9.17) is 0 Å². The molecule has 0 aliphatic heterocycles. The Hall–Kier alpha value is 6.48. The van der Waals surface area contributed by atoms with E-state index in [1.807, 2.05) is 57.3 Å². The van der Waals surface area contributed by atoms with Crippen molar-refractivity contribution in [3.05, 3.63) is 65.6 Å². The third-order valence-corrected chi connectivity index (χ3v) is 3.40. The second kappa shape index (κ2) is 19.7. The van der Waals surface area contributed by atoms with Gasteiger partial charge in [-0.05, 0) is 25.7 Å². The summed E-state index contributed by atoms with van der Waals surface area (Å²) in [4.78, 5) is 4.51. The van der Waals surface area contributed by atoms with Crippen molar-refractivity contribution in [2.45, 2.75) is 20.8 Å². The standard InChI is InChI=1S/C18H15N3.5Rb.H/c1-12-9-10-16(19-11-12)18-14(3)21-20-13(2)17(18)15-7-5-4-6-8-15;;;;;;/h5-9,11H,1-3H3;;;;;;/q-2;;;3*+1;-1. The summed E-state index contributed by atoms with van der Waals surface area (Å²) in [6.45, 7) is 5.93. The van der Waals surface area contributed by atoms with E-state index in [-0.39, 0.29) is 176 Å². The van der Waals surface area contributed by atoms with Crippen molar-refractivity contribution in [1.82, 2.24) is 15.2 Å². The van der Waals surface area contributed by atoms with Crippen molar-refractivity contribution in [2.75, 3.05) is 0 Å². The summed E-state index contributed by atoms with van der Waals surface area (Å²) < 4.78 is 0. The van der Waals surface area contributed by atoms with Gasteiger partial charge >= 0.3 is 242 Å². The van der Waals surface area contributed by atoms with E-state index < -0.39 is 0 Å². The number of hydrogen-bond acceptors (Lipinski definition) is 3. The maximum absolute atomic E-state index is 4.51. The summed E-state index contributed by atoms with van der Waals surface area (Å²) in [5, 5.41) is 8.50.